The number of carbonyl (C=O) groups excluding carboxylic acids is 1. The molecule has 0 bridgehead atoms. The Hall–Kier alpha value is -3.75. The van der Waals surface area contributed by atoms with Gasteiger partial charge in [-0.1, -0.05) is 36.4 Å². The molecule has 9 nitrogen and oxygen atoms in total. The zero-order valence-electron chi connectivity index (χ0n) is 18.8. The van der Waals surface area contributed by atoms with Crippen LogP contribution in [0.5, 0.6) is 0 Å². The quantitative estimate of drug-likeness (QED) is 0.296. The summed E-state index contributed by atoms with van der Waals surface area (Å²) in [7, 11) is 0. The van der Waals surface area contributed by atoms with Gasteiger partial charge in [0.15, 0.2) is 0 Å². The van der Waals surface area contributed by atoms with Gasteiger partial charge in [-0.2, -0.15) is 0 Å². The van der Waals surface area contributed by atoms with Crippen molar-refractivity contribution >= 4 is 39.8 Å². The molecule has 1 saturated heterocycles. The van der Waals surface area contributed by atoms with Crippen LogP contribution in [0.4, 0.5) is 23.0 Å². The summed E-state index contributed by atoms with van der Waals surface area (Å²) in [6, 6.07) is 13.8. The zero-order valence-corrected chi connectivity index (χ0v) is 18.8. The second kappa shape index (κ2) is 9.81. The smallest absolute Gasteiger partial charge is 0.353 e. The molecular weight excluding hydrogens is 422 g/mol. The van der Waals surface area contributed by atoms with Crippen LogP contribution in [0, 0.1) is 16.0 Å². The van der Waals surface area contributed by atoms with E-state index in [1.807, 2.05) is 59.2 Å². The van der Waals surface area contributed by atoms with Gasteiger partial charge in [0.1, 0.15) is 6.33 Å². The maximum absolute atomic E-state index is 12.3. The van der Waals surface area contributed by atoms with Gasteiger partial charge in [0, 0.05) is 25.0 Å². The van der Waals surface area contributed by atoms with E-state index in [-0.39, 0.29) is 29.2 Å². The first-order valence-corrected chi connectivity index (χ1v) is 11.2. The van der Waals surface area contributed by atoms with Crippen LogP contribution in [0.25, 0.3) is 10.8 Å². The summed E-state index contributed by atoms with van der Waals surface area (Å²) in [5.41, 5.74) is 0.728. The molecule has 1 aliphatic rings. The zero-order chi connectivity index (χ0) is 23.4. The monoisotopic (exact) mass is 449 g/mol. The highest BCUT2D eigenvalue weighted by atomic mass is 16.6. The molecule has 0 unspecified atom stereocenters. The number of aromatic nitrogens is 2. The Morgan fingerprint density at radius 2 is 1.88 bits per heavy atom. The number of nitrogens with zero attached hydrogens (tertiary/aromatic N) is 5. The molecule has 172 valence electrons. The van der Waals surface area contributed by atoms with E-state index in [0.717, 1.165) is 16.5 Å². The van der Waals surface area contributed by atoms with Crippen LogP contribution in [0.1, 0.15) is 26.7 Å². The van der Waals surface area contributed by atoms with E-state index in [1.54, 1.807) is 6.92 Å². The third kappa shape index (κ3) is 4.44. The van der Waals surface area contributed by atoms with E-state index in [1.165, 1.54) is 6.33 Å². The molecule has 1 fully saturated rings. The average Bonchev–Trinajstić information content (AvgIpc) is 2.84. The lowest BCUT2D eigenvalue weighted by molar-refractivity contribution is -0.383. The fourth-order valence-corrected chi connectivity index (χ4v) is 4.42. The Bertz CT molecular complexity index is 1160. The summed E-state index contributed by atoms with van der Waals surface area (Å²) in [6.45, 7) is 5.55. The predicted molar refractivity (Wildman–Crippen MR) is 127 cm³/mol. The molecule has 0 saturated carbocycles. The third-order valence-corrected chi connectivity index (χ3v) is 6.01. The molecule has 3 aromatic rings. The van der Waals surface area contributed by atoms with Crippen molar-refractivity contribution in [1.29, 1.82) is 0 Å². The molecule has 4 rings (SSSR count). The largest absolute Gasteiger partial charge is 0.466 e. The standard InChI is InChI=1S/C24H27N5O4/c1-3-28(20-11-7-9-17-8-5-6-10-19(17)20)23-21(29(31)32)22(25-16-26-23)27-14-12-18(13-15-27)24(30)33-4-2/h5-11,16,18H,3-4,12-15H2,1-2H3. The van der Waals surface area contributed by atoms with Crippen molar-refractivity contribution in [2.24, 2.45) is 5.92 Å². The van der Waals surface area contributed by atoms with Gasteiger partial charge in [-0.25, -0.2) is 9.97 Å². The molecule has 0 amide bonds. The number of fused-ring (bicyclic) bond motifs is 1. The SMILES string of the molecule is CCOC(=O)C1CCN(c2ncnc(N(CC)c3cccc4ccccc34)c2[N+](=O)[O-])CC1. The molecule has 0 radical (unpaired) electrons. The molecule has 1 aliphatic heterocycles. The fourth-order valence-electron chi connectivity index (χ4n) is 4.42. The normalized spacial score (nSPS) is 14.3. The molecule has 0 N–H and O–H groups in total. The summed E-state index contributed by atoms with van der Waals surface area (Å²) >= 11 is 0. The van der Waals surface area contributed by atoms with Crippen LogP contribution in [0.2, 0.25) is 0 Å². The summed E-state index contributed by atoms with van der Waals surface area (Å²) < 4.78 is 5.14. The van der Waals surface area contributed by atoms with E-state index in [4.69, 9.17) is 4.74 Å². The van der Waals surface area contributed by atoms with Gasteiger partial charge in [-0.05, 0) is 38.1 Å². The van der Waals surface area contributed by atoms with Crippen LogP contribution >= 0.6 is 0 Å². The van der Waals surface area contributed by atoms with E-state index in [9.17, 15) is 14.9 Å². The van der Waals surface area contributed by atoms with Crippen LogP contribution in [0.15, 0.2) is 48.8 Å². The summed E-state index contributed by atoms with van der Waals surface area (Å²) in [5, 5.41) is 14.3. The summed E-state index contributed by atoms with van der Waals surface area (Å²) in [4.78, 5) is 36.3. The lowest BCUT2D eigenvalue weighted by Gasteiger charge is -2.32. The Morgan fingerprint density at radius 3 is 2.58 bits per heavy atom. The van der Waals surface area contributed by atoms with Crippen molar-refractivity contribution in [3.8, 4) is 0 Å². The highest BCUT2D eigenvalue weighted by Crippen LogP contribution is 2.40. The molecule has 0 aliphatic carbocycles. The molecule has 33 heavy (non-hydrogen) atoms. The van der Waals surface area contributed by atoms with Crippen molar-refractivity contribution in [1.82, 2.24) is 9.97 Å². The van der Waals surface area contributed by atoms with Gasteiger partial charge in [-0.3, -0.25) is 14.9 Å². The van der Waals surface area contributed by atoms with E-state index < -0.39 is 4.92 Å². The Labute approximate surface area is 192 Å². The number of hydrogen-bond acceptors (Lipinski definition) is 8. The van der Waals surface area contributed by atoms with Crippen LogP contribution in [-0.2, 0) is 9.53 Å². The molecule has 2 heterocycles. The highest BCUT2D eigenvalue weighted by molar-refractivity contribution is 5.96. The van der Waals surface area contributed by atoms with Crippen LogP contribution in [-0.4, -0.2) is 47.1 Å². The Kier molecular flexibility index (Phi) is 6.67. The van der Waals surface area contributed by atoms with Gasteiger partial charge in [0.25, 0.3) is 0 Å². The van der Waals surface area contributed by atoms with E-state index in [0.29, 0.717) is 39.1 Å². The molecule has 9 heteroatoms. The minimum absolute atomic E-state index is 0.123. The number of carbonyl (C=O) groups is 1. The lowest BCUT2D eigenvalue weighted by Crippen LogP contribution is -2.38. The highest BCUT2D eigenvalue weighted by Gasteiger charge is 2.34. The minimum atomic E-state index is -0.407. The predicted octanol–water partition coefficient (Wildman–Crippen LogP) is 4.48. The van der Waals surface area contributed by atoms with Crippen molar-refractivity contribution < 1.29 is 14.5 Å². The average molecular weight is 450 g/mol. The number of esters is 1. The number of benzene rings is 2. The second-order valence-corrected chi connectivity index (χ2v) is 7.88. The fraction of sp³-hybridized carbons (Fsp3) is 0.375. The first-order valence-electron chi connectivity index (χ1n) is 11.2. The Morgan fingerprint density at radius 1 is 1.15 bits per heavy atom. The molecule has 2 aromatic carbocycles. The first kappa shape index (κ1) is 22.4. The maximum Gasteiger partial charge on any atom is 0.353 e. The third-order valence-electron chi connectivity index (χ3n) is 6.01. The van der Waals surface area contributed by atoms with Crippen molar-refractivity contribution in [2.75, 3.05) is 36.0 Å². The Balaban J connectivity index is 1.71. The topological polar surface area (TPSA) is 102 Å². The second-order valence-electron chi connectivity index (χ2n) is 7.88. The molecular formula is C24H27N5O4. The first-order chi connectivity index (χ1) is 16.0. The molecule has 1 aromatic heterocycles. The van der Waals surface area contributed by atoms with Gasteiger partial charge in [0.2, 0.25) is 11.6 Å². The van der Waals surface area contributed by atoms with Crippen LogP contribution < -0.4 is 9.80 Å². The molecule has 0 atom stereocenters. The van der Waals surface area contributed by atoms with Gasteiger partial charge in [0.05, 0.1) is 23.1 Å². The molecule has 0 spiro atoms. The lowest BCUT2D eigenvalue weighted by atomic mass is 9.97. The van der Waals surface area contributed by atoms with Gasteiger partial charge in [-0.15, -0.1) is 0 Å². The van der Waals surface area contributed by atoms with Gasteiger partial charge >= 0.3 is 11.7 Å². The van der Waals surface area contributed by atoms with E-state index in [2.05, 4.69) is 9.97 Å². The van der Waals surface area contributed by atoms with Crippen molar-refractivity contribution in [3.63, 3.8) is 0 Å². The number of hydrogen-bond donors (Lipinski definition) is 0. The number of ether oxygens (including phenoxy) is 1. The number of nitro groups is 1. The van der Waals surface area contributed by atoms with Crippen molar-refractivity contribution in [3.05, 3.63) is 58.9 Å². The van der Waals surface area contributed by atoms with E-state index >= 15 is 0 Å². The van der Waals surface area contributed by atoms with Gasteiger partial charge < -0.3 is 14.5 Å². The summed E-state index contributed by atoms with van der Waals surface area (Å²) in [5.74, 6) is 0.148. The van der Waals surface area contributed by atoms with Crippen molar-refractivity contribution in [2.45, 2.75) is 26.7 Å². The minimum Gasteiger partial charge on any atom is -0.466 e. The summed E-state index contributed by atoms with van der Waals surface area (Å²) in [6.07, 6.45) is 2.51. The number of piperidine rings is 1. The number of anilines is 3. The number of rotatable bonds is 7. The maximum atomic E-state index is 12.3. The van der Waals surface area contributed by atoms with Crippen LogP contribution in [0.3, 0.4) is 0 Å².